The molecular weight excluding hydrogens is 302 g/mol. The van der Waals surface area contributed by atoms with Crippen LogP contribution in [0.2, 0.25) is 0 Å². The Morgan fingerprint density at radius 3 is 2.33 bits per heavy atom. The van der Waals surface area contributed by atoms with Gasteiger partial charge in [-0.25, -0.2) is 4.98 Å². The first-order valence-electron chi connectivity index (χ1n) is 7.49. The summed E-state index contributed by atoms with van der Waals surface area (Å²) < 4.78 is 0. The fourth-order valence-corrected chi connectivity index (χ4v) is 2.21. The Morgan fingerprint density at radius 1 is 0.958 bits per heavy atom. The molecule has 2 N–H and O–H groups in total. The summed E-state index contributed by atoms with van der Waals surface area (Å²) >= 11 is 0. The van der Waals surface area contributed by atoms with Gasteiger partial charge in [0.15, 0.2) is 0 Å². The number of benzene rings is 1. The third kappa shape index (κ3) is 3.87. The van der Waals surface area contributed by atoms with E-state index in [9.17, 15) is 9.90 Å². The van der Waals surface area contributed by atoms with Gasteiger partial charge in [0.1, 0.15) is 0 Å². The molecule has 5 nitrogen and oxygen atoms in total. The van der Waals surface area contributed by atoms with Gasteiger partial charge in [-0.1, -0.05) is 24.0 Å². The zero-order valence-electron chi connectivity index (χ0n) is 12.9. The van der Waals surface area contributed by atoms with Crippen LogP contribution in [0.15, 0.2) is 59.9 Å². The minimum atomic E-state index is -0.512. The van der Waals surface area contributed by atoms with Crippen LogP contribution in [0.1, 0.15) is 22.4 Å². The van der Waals surface area contributed by atoms with Gasteiger partial charge in [0, 0.05) is 23.5 Å². The van der Waals surface area contributed by atoms with Gasteiger partial charge >= 0.3 is 0 Å². The maximum absolute atomic E-state index is 11.3. The van der Waals surface area contributed by atoms with Crippen molar-refractivity contribution in [3.8, 4) is 17.6 Å². The van der Waals surface area contributed by atoms with Crippen molar-refractivity contribution in [2.45, 2.75) is 12.8 Å². The van der Waals surface area contributed by atoms with Crippen LogP contribution < -0.4 is 5.56 Å². The first-order valence-corrected chi connectivity index (χ1v) is 7.49. The molecule has 0 aliphatic rings. The minimum Gasteiger partial charge on any atom is -0.502 e. The lowest BCUT2D eigenvalue weighted by molar-refractivity contribution is 0.454. The Morgan fingerprint density at radius 2 is 1.62 bits per heavy atom. The molecule has 0 atom stereocenters. The summed E-state index contributed by atoms with van der Waals surface area (Å²) in [7, 11) is 0. The van der Waals surface area contributed by atoms with Crippen LogP contribution >= 0.6 is 0 Å². The molecule has 0 fully saturated rings. The van der Waals surface area contributed by atoms with Crippen molar-refractivity contribution in [2.24, 2.45) is 0 Å². The van der Waals surface area contributed by atoms with Crippen LogP contribution in [0, 0.1) is 11.8 Å². The van der Waals surface area contributed by atoms with Crippen molar-refractivity contribution in [1.29, 1.82) is 0 Å². The highest BCUT2D eigenvalue weighted by Crippen LogP contribution is 2.11. The minimum absolute atomic E-state index is 0.308. The summed E-state index contributed by atoms with van der Waals surface area (Å²) in [5.41, 5.74) is 2.82. The predicted octanol–water partition coefficient (Wildman–Crippen LogP) is 2.06. The standard InChI is InChI=1S/C19H15N3O2/c23-18-17(21-13-22-19(18)24)8-7-15-3-1-14(2-4-15)5-6-16-9-11-20-12-10-16/h1-4,9-13,23H,7-8H2,(H,21,22,24). The second kappa shape index (κ2) is 7.25. The fraction of sp³-hybridized carbons (Fsp3) is 0.105. The van der Waals surface area contributed by atoms with E-state index in [4.69, 9.17) is 0 Å². The number of pyridine rings is 1. The smallest absolute Gasteiger partial charge is 0.293 e. The molecule has 118 valence electrons. The van der Waals surface area contributed by atoms with Crippen molar-refractivity contribution in [3.05, 3.63) is 87.9 Å². The molecule has 0 aliphatic heterocycles. The summed E-state index contributed by atoms with van der Waals surface area (Å²) in [6.45, 7) is 0. The van der Waals surface area contributed by atoms with Gasteiger partial charge in [0.2, 0.25) is 5.75 Å². The molecule has 1 aromatic carbocycles. The monoisotopic (exact) mass is 317 g/mol. The van der Waals surface area contributed by atoms with Crippen molar-refractivity contribution in [1.82, 2.24) is 15.0 Å². The molecule has 0 radical (unpaired) electrons. The number of H-pyrrole nitrogens is 1. The number of nitrogens with one attached hydrogen (secondary N) is 1. The molecule has 0 saturated carbocycles. The number of aryl methyl sites for hydroxylation is 2. The quantitative estimate of drug-likeness (QED) is 0.725. The summed E-state index contributed by atoms with van der Waals surface area (Å²) in [5, 5.41) is 9.67. The van der Waals surface area contributed by atoms with Crippen LogP contribution in [-0.4, -0.2) is 20.1 Å². The van der Waals surface area contributed by atoms with E-state index in [1.807, 2.05) is 36.4 Å². The van der Waals surface area contributed by atoms with E-state index in [1.54, 1.807) is 12.4 Å². The van der Waals surface area contributed by atoms with Gasteiger partial charge in [-0.2, -0.15) is 0 Å². The lowest BCUT2D eigenvalue weighted by atomic mass is 10.1. The number of hydrogen-bond acceptors (Lipinski definition) is 4. The molecule has 24 heavy (non-hydrogen) atoms. The van der Waals surface area contributed by atoms with Crippen LogP contribution in [0.4, 0.5) is 0 Å². The molecule has 2 aromatic heterocycles. The number of aromatic nitrogens is 3. The van der Waals surface area contributed by atoms with Crippen LogP contribution in [0.25, 0.3) is 0 Å². The summed E-state index contributed by atoms with van der Waals surface area (Å²) in [4.78, 5) is 21.6. The van der Waals surface area contributed by atoms with Gasteiger partial charge < -0.3 is 10.1 Å². The number of aromatic amines is 1. The van der Waals surface area contributed by atoms with E-state index in [1.165, 1.54) is 6.33 Å². The second-order valence-electron chi connectivity index (χ2n) is 5.21. The Kier molecular flexibility index (Phi) is 4.68. The van der Waals surface area contributed by atoms with Crippen molar-refractivity contribution >= 4 is 0 Å². The highest BCUT2D eigenvalue weighted by atomic mass is 16.3. The first kappa shape index (κ1) is 15.5. The van der Waals surface area contributed by atoms with Crippen molar-refractivity contribution in [2.75, 3.05) is 0 Å². The zero-order chi connectivity index (χ0) is 16.8. The Labute approximate surface area is 139 Å². The molecular formula is C19H15N3O2. The largest absolute Gasteiger partial charge is 0.502 e. The Bertz CT molecular complexity index is 936. The van der Waals surface area contributed by atoms with Gasteiger partial charge in [0.25, 0.3) is 5.56 Å². The average molecular weight is 317 g/mol. The third-order valence-corrected chi connectivity index (χ3v) is 3.54. The van der Waals surface area contributed by atoms with Crippen LogP contribution in [0.3, 0.4) is 0 Å². The molecule has 0 unspecified atom stereocenters. The zero-order valence-corrected chi connectivity index (χ0v) is 12.9. The summed E-state index contributed by atoms with van der Waals surface area (Å²) in [5.74, 6) is 5.88. The van der Waals surface area contributed by atoms with E-state index < -0.39 is 5.56 Å². The lowest BCUT2D eigenvalue weighted by Crippen LogP contribution is -2.09. The van der Waals surface area contributed by atoms with Gasteiger partial charge in [0.05, 0.1) is 12.0 Å². The summed E-state index contributed by atoms with van der Waals surface area (Å²) in [6, 6.07) is 11.6. The fourth-order valence-electron chi connectivity index (χ4n) is 2.21. The molecule has 0 spiro atoms. The summed E-state index contributed by atoms with van der Waals surface area (Å²) in [6.07, 6.45) is 5.91. The number of hydrogen-bond donors (Lipinski definition) is 2. The van der Waals surface area contributed by atoms with E-state index >= 15 is 0 Å². The van der Waals surface area contributed by atoms with Gasteiger partial charge in [-0.15, -0.1) is 0 Å². The molecule has 3 rings (SSSR count). The molecule has 0 saturated heterocycles. The number of nitrogens with zero attached hydrogens (tertiary/aromatic N) is 2. The normalized spacial score (nSPS) is 10.0. The maximum Gasteiger partial charge on any atom is 0.293 e. The van der Waals surface area contributed by atoms with Crippen LogP contribution in [0.5, 0.6) is 5.75 Å². The molecule has 3 aromatic rings. The Hall–Kier alpha value is -3.39. The lowest BCUT2D eigenvalue weighted by Gasteiger charge is -2.03. The van der Waals surface area contributed by atoms with E-state index in [0.29, 0.717) is 18.5 Å². The van der Waals surface area contributed by atoms with E-state index in [0.717, 1.165) is 16.7 Å². The van der Waals surface area contributed by atoms with Gasteiger partial charge in [-0.05, 0) is 42.7 Å². The molecule has 0 aliphatic carbocycles. The van der Waals surface area contributed by atoms with Gasteiger partial charge in [-0.3, -0.25) is 9.78 Å². The molecule has 0 bridgehead atoms. The van der Waals surface area contributed by atoms with E-state index in [2.05, 4.69) is 26.8 Å². The molecule has 2 heterocycles. The topological polar surface area (TPSA) is 78.9 Å². The average Bonchev–Trinajstić information content (AvgIpc) is 2.63. The van der Waals surface area contributed by atoms with Crippen molar-refractivity contribution < 1.29 is 5.11 Å². The molecule has 0 amide bonds. The number of aromatic hydroxyl groups is 1. The van der Waals surface area contributed by atoms with Crippen LogP contribution in [-0.2, 0) is 12.8 Å². The molecule has 5 heteroatoms. The predicted molar refractivity (Wildman–Crippen MR) is 90.6 cm³/mol. The Balaban J connectivity index is 1.66. The second-order valence-corrected chi connectivity index (χ2v) is 5.21. The third-order valence-electron chi connectivity index (χ3n) is 3.54. The highest BCUT2D eigenvalue weighted by Gasteiger charge is 2.06. The van der Waals surface area contributed by atoms with E-state index in [-0.39, 0.29) is 5.75 Å². The SMILES string of the molecule is O=c1[nH]cnc(CCc2ccc(C#Cc3ccncc3)cc2)c1O. The maximum atomic E-state index is 11.3. The number of rotatable bonds is 3. The highest BCUT2D eigenvalue weighted by molar-refractivity contribution is 5.42. The first-order chi connectivity index (χ1) is 11.7. The van der Waals surface area contributed by atoms with Crippen molar-refractivity contribution in [3.63, 3.8) is 0 Å².